The highest BCUT2D eigenvalue weighted by Crippen LogP contribution is 2.49. The van der Waals surface area contributed by atoms with Crippen LogP contribution in [0.1, 0.15) is 25.0 Å². The third kappa shape index (κ3) is 3.40. The van der Waals surface area contributed by atoms with Gasteiger partial charge in [-0.2, -0.15) is 26.3 Å². The summed E-state index contributed by atoms with van der Waals surface area (Å²) < 4.78 is 74.5. The molecule has 0 atom stereocenters. The second kappa shape index (κ2) is 5.81. The molecule has 0 saturated heterocycles. The number of aryl methyl sites for hydroxylation is 1. The minimum atomic E-state index is -5.83. The van der Waals surface area contributed by atoms with E-state index >= 15 is 0 Å². The van der Waals surface area contributed by atoms with Crippen LogP contribution >= 0.6 is 0 Å². The SMILES string of the molecule is CC.Cc1ccc(C(O)(C(F)(F)F)C(F)(F)F)cc1. The van der Waals surface area contributed by atoms with Crippen molar-refractivity contribution in [2.24, 2.45) is 0 Å². The van der Waals surface area contributed by atoms with Crippen LogP contribution in [0.25, 0.3) is 0 Å². The summed E-state index contributed by atoms with van der Waals surface area (Å²) >= 11 is 0. The van der Waals surface area contributed by atoms with Gasteiger partial charge < -0.3 is 5.11 Å². The third-order valence-electron chi connectivity index (χ3n) is 2.29. The smallest absolute Gasteiger partial charge is 0.369 e. The van der Waals surface area contributed by atoms with E-state index in [2.05, 4.69) is 0 Å². The maximum absolute atomic E-state index is 12.4. The highest BCUT2D eigenvalue weighted by atomic mass is 19.4. The lowest BCUT2D eigenvalue weighted by molar-refractivity contribution is -0.376. The van der Waals surface area contributed by atoms with Gasteiger partial charge in [0.25, 0.3) is 5.60 Å². The predicted octanol–water partition coefficient (Wildman–Crippen LogP) is 4.33. The molecular weight excluding hydrogens is 274 g/mol. The predicted molar refractivity (Wildman–Crippen MR) is 58.5 cm³/mol. The van der Waals surface area contributed by atoms with E-state index in [1.165, 1.54) is 6.92 Å². The zero-order valence-electron chi connectivity index (χ0n) is 10.5. The van der Waals surface area contributed by atoms with Crippen molar-refractivity contribution in [3.63, 3.8) is 0 Å². The molecule has 1 aromatic carbocycles. The number of benzene rings is 1. The van der Waals surface area contributed by atoms with Crippen molar-refractivity contribution in [3.05, 3.63) is 35.4 Å². The van der Waals surface area contributed by atoms with Gasteiger partial charge >= 0.3 is 12.4 Å². The first-order valence-corrected chi connectivity index (χ1v) is 5.43. The van der Waals surface area contributed by atoms with E-state index in [1.54, 1.807) is 0 Å². The van der Waals surface area contributed by atoms with Crippen molar-refractivity contribution in [3.8, 4) is 0 Å². The first-order chi connectivity index (χ1) is 8.50. The van der Waals surface area contributed by atoms with E-state index in [-0.39, 0.29) is 0 Å². The fraction of sp³-hybridized carbons (Fsp3) is 0.500. The van der Waals surface area contributed by atoms with Gasteiger partial charge in [-0.05, 0) is 6.92 Å². The molecule has 0 amide bonds. The molecule has 7 heteroatoms. The molecule has 1 rings (SSSR count). The molecule has 110 valence electrons. The molecule has 0 radical (unpaired) electrons. The summed E-state index contributed by atoms with van der Waals surface area (Å²) in [5.74, 6) is 0. The third-order valence-corrected chi connectivity index (χ3v) is 2.29. The summed E-state index contributed by atoms with van der Waals surface area (Å²) in [6, 6.07) is 3.35. The molecule has 0 bridgehead atoms. The Labute approximate surface area is 106 Å². The van der Waals surface area contributed by atoms with Crippen LogP contribution in [0.3, 0.4) is 0 Å². The minimum absolute atomic E-state index is 0.487. The molecule has 0 aliphatic heterocycles. The topological polar surface area (TPSA) is 20.2 Å². The van der Waals surface area contributed by atoms with Crippen LogP contribution < -0.4 is 0 Å². The molecule has 0 saturated carbocycles. The number of aliphatic hydroxyl groups is 1. The molecule has 0 spiro atoms. The zero-order valence-corrected chi connectivity index (χ0v) is 10.5. The first kappa shape index (κ1) is 17.8. The first-order valence-electron chi connectivity index (χ1n) is 5.43. The maximum Gasteiger partial charge on any atom is 0.430 e. The van der Waals surface area contributed by atoms with Gasteiger partial charge in [-0.25, -0.2) is 0 Å². The average Bonchev–Trinajstić information content (AvgIpc) is 2.28. The second-order valence-corrected chi connectivity index (χ2v) is 3.57. The van der Waals surface area contributed by atoms with Crippen LogP contribution in [0.2, 0.25) is 0 Å². The normalized spacial score (nSPS) is 12.7. The highest BCUT2D eigenvalue weighted by Gasteiger charge is 2.71. The van der Waals surface area contributed by atoms with Crippen LogP contribution in [0.5, 0.6) is 0 Å². The Morgan fingerprint density at radius 2 is 1.11 bits per heavy atom. The van der Waals surface area contributed by atoms with Gasteiger partial charge in [0.05, 0.1) is 0 Å². The Hall–Kier alpha value is -1.24. The zero-order chi connectivity index (χ0) is 15.5. The van der Waals surface area contributed by atoms with E-state index < -0.39 is 23.5 Å². The minimum Gasteiger partial charge on any atom is -0.369 e. The number of hydrogen-bond acceptors (Lipinski definition) is 1. The molecule has 0 aliphatic rings. The van der Waals surface area contributed by atoms with Crippen molar-refractivity contribution in [1.29, 1.82) is 0 Å². The lowest BCUT2D eigenvalue weighted by Gasteiger charge is -2.32. The summed E-state index contributed by atoms with van der Waals surface area (Å²) in [5.41, 5.74) is -5.60. The summed E-state index contributed by atoms with van der Waals surface area (Å²) in [5, 5.41) is 9.00. The standard InChI is InChI=1S/C10H8F6O.C2H6/c1-6-2-4-7(5-3-6)8(17,9(11,12)13)10(14,15)16;1-2/h2-5,17H,1H3;1-2H3. The Morgan fingerprint density at radius 3 is 1.37 bits per heavy atom. The fourth-order valence-corrected chi connectivity index (χ4v) is 1.28. The lowest BCUT2D eigenvalue weighted by atomic mass is 9.92. The molecule has 19 heavy (non-hydrogen) atoms. The lowest BCUT2D eigenvalue weighted by Crippen LogP contribution is -2.53. The number of hydrogen-bond donors (Lipinski definition) is 1. The number of rotatable bonds is 1. The van der Waals surface area contributed by atoms with Crippen molar-refractivity contribution < 1.29 is 31.4 Å². The van der Waals surface area contributed by atoms with Crippen LogP contribution in [-0.4, -0.2) is 17.5 Å². The Balaban J connectivity index is 0.00000154. The number of alkyl halides is 6. The monoisotopic (exact) mass is 288 g/mol. The molecule has 0 aliphatic carbocycles. The van der Waals surface area contributed by atoms with E-state index in [0.717, 1.165) is 12.1 Å². The van der Waals surface area contributed by atoms with Gasteiger partial charge in [-0.3, -0.25) is 0 Å². The van der Waals surface area contributed by atoms with Crippen molar-refractivity contribution in [1.82, 2.24) is 0 Å². The summed E-state index contributed by atoms with van der Waals surface area (Å²) in [7, 11) is 0. The molecular formula is C12H14F6O. The van der Waals surface area contributed by atoms with Crippen LogP contribution in [0.15, 0.2) is 24.3 Å². The molecule has 0 fully saturated rings. The molecule has 0 heterocycles. The molecule has 0 unspecified atom stereocenters. The Bertz CT molecular complexity index is 376. The molecule has 1 aromatic rings. The van der Waals surface area contributed by atoms with E-state index in [4.69, 9.17) is 5.11 Å². The van der Waals surface area contributed by atoms with Crippen molar-refractivity contribution in [2.45, 2.75) is 38.7 Å². The largest absolute Gasteiger partial charge is 0.430 e. The van der Waals surface area contributed by atoms with Crippen molar-refractivity contribution >= 4 is 0 Å². The maximum atomic E-state index is 12.4. The summed E-state index contributed by atoms with van der Waals surface area (Å²) in [6.45, 7) is 5.50. The van der Waals surface area contributed by atoms with Crippen LogP contribution in [-0.2, 0) is 5.60 Å². The van der Waals surface area contributed by atoms with Gasteiger partial charge in [-0.15, -0.1) is 0 Å². The van der Waals surface area contributed by atoms with Gasteiger partial charge in [0.1, 0.15) is 0 Å². The Morgan fingerprint density at radius 1 is 0.789 bits per heavy atom. The van der Waals surface area contributed by atoms with Gasteiger partial charge in [0.2, 0.25) is 0 Å². The van der Waals surface area contributed by atoms with Crippen LogP contribution in [0.4, 0.5) is 26.3 Å². The fourth-order valence-electron chi connectivity index (χ4n) is 1.28. The Kier molecular flexibility index (Phi) is 5.43. The summed E-state index contributed by atoms with van der Waals surface area (Å²) in [4.78, 5) is 0. The van der Waals surface area contributed by atoms with Gasteiger partial charge in [0.15, 0.2) is 0 Å². The van der Waals surface area contributed by atoms with Crippen molar-refractivity contribution in [2.75, 3.05) is 0 Å². The van der Waals surface area contributed by atoms with E-state index in [0.29, 0.717) is 17.7 Å². The summed E-state index contributed by atoms with van der Waals surface area (Å²) in [6.07, 6.45) is -11.7. The molecule has 1 N–H and O–H groups in total. The molecule has 1 nitrogen and oxygen atoms in total. The number of halogens is 6. The van der Waals surface area contributed by atoms with Gasteiger partial charge in [-0.1, -0.05) is 43.7 Å². The van der Waals surface area contributed by atoms with E-state index in [9.17, 15) is 26.3 Å². The quantitative estimate of drug-likeness (QED) is 0.762. The van der Waals surface area contributed by atoms with E-state index in [1.807, 2.05) is 13.8 Å². The van der Waals surface area contributed by atoms with Gasteiger partial charge in [0, 0.05) is 5.56 Å². The average molecular weight is 288 g/mol. The second-order valence-electron chi connectivity index (χ2n) is 3.57. The highest BCUT2D eigenvalue weighted by molar-refractivity contribution is 5.29. The molecule has 0 aromatic heterocycles. The van der Waals surface area contributed by atoms with Crippen LogP contribution in [0, 0.1) is 6.92 Å².